The normalized spacial score (nSPS) is 20.9. The summed E-state index contributed by atoms with van der Waals surface area (Å²) in [4.78, 5) is 32.1. The fraction of sp³-hybridized carbons (Fsp3) is 0.500. The molecule has 4 rings (SSSR count). The third kappa shape index (κ3) is 3.13. The van der Waals surface area contributed by atoms with Gasteiger partial charge in [-0.1, -0.05) is 0 Å². The first kappa shape index (κ1) is 15.2. The molecule has 1 aliphatic carbocycles. The average molecular weight is 323 g/mol. The van der Waals surface area contributed by atoms with Crippen LogP contribution in [0.2, 0.25) is 0 Å². The number of hydrogen-bond donors (Lipinski definition) is 0. The van der Waals surface area contributed by atoms with E-state index in [2.05, 4.69) is 19.9 Å². The van der Waals surface area contributed by atoms with Gasteiger partial charge in [0.25, 0.3) is 5.91 Å². The molecule has 2 aromatic rings. The lowest BCUT2D eigenvalue weighted by atomic mass is 9.94. The van der Waals surface area contributed by atoms with Gasteiger partial charge in [-0.2, -0.15) is 0 Å². The number of piperidine rings is 1. The Bertz CT molecular complexity index is 741. The van der Waals surface area contributed by atoms with E-state index >= 15 is 0 Å². The number of carbonyl (C=O) groups excluding carboxylic acids is 1. The third-order valence-electron chi connectivity index (χ3n) is 4.79. The minimum Gasteiger partial charge on any atom is -0.338 e. The summed E-state index contributed by atoms with van der Waals surface area (Å²) in [6.45, 7) is 3.37. The molecule has 1 saturated carbocycles. The van der Waals surface area contributed by atoms with Crippen LogP contribution >= 0.6 is 0 Å². The summed E-state index contributed by atoms with van der Waals surface area (Å²) in [6.07, 6.45) is 9.53. The Labute approximate surface area is 141 Å². The first-order valence-electron chi connectivity index (χ1n) is 8.61. The van der Waals surface area contributed by atoms with Crippen molar-refractivity contribution in [1.29, 1.82) is 0 Å². The molecular formula is C18H21N5O. The second-order valence-corrected chi connectivity index (χ2v) is 6.72. The van der Waals surface area contributed by atoms with Gasteiger partial charge in [-0.3, -0.25) is 4.79 Å². The van der Waals surface area contributed by atoms with Crippen LogP contribution in [0.25, 0.3) is 0 Å². The SMILES string of the molecule is Cc1nccc(C2CCCN(C(=O)c3cnc(C4CC4)nc3)C2)n1. The van der Waals surface area contributed by atoms with Gasteiger partial charge in [0.2, 0.25) is 0 Å². The molecule has 0 bridgehead atoms. The third-order valence-corrected chi connectivity index (χ3v) is 4.79. The molecule has 6 heteroatoms. The second-order valence-electron chi connectivity index (χ2n) is 6.72. The smallest absolute Gasteiger partial charge is 0.257 e. The van der Waals surface area contributed by atoms with Gasteiger partial charge in [0.1, 0.15) is 11.6 Å². The van der Waals surface area contributed by atoms with E-state index < -0.39 is 0 Å². The Morgan fingerprint density at radius 3 is 2.62 bits per heavy atom. The number of aromatic nitrogens is 4. The van der Waals surface area contributed by atoms with Gasteiger partial charge < -0.3 is 4.90 Å². The van der Waals surface area contributed by atoms with Crippen molar-refractivity contribution in [3.8, 4) is 0 Å². The first-order chi connectivity index (χ1) is 11.7. The highest BCUT2D eigenvalue weighted by molar-refractivity contribution is 5.93. The Balaban J connectivity index is 1.47. The molecule has 2 fully saturated rings. The fourth-order valence-electron chi connectivity index (χ4n) is 3.29. The molecule has 1 atom stereocenters. The molecule has 2 aliphatic rings. The fourth-order valence-corrected chi connectivity index (χ4v) is 3.29. The van der Waals surface area contributed by atoms with E-state index in [1.165, 1.54) is 12.8 Å². The molecule has 6 nitrogen and oxygen atoms in total. The molecule has 0 spiro atoms. The molecule has 1 unspecified atom stereocenters. The predicted molar refractivity (Wildman–Crippen MR) is 88.7 cm³/mol. The highest BCUT2D eigenvalue weighted by Crippen LogP contribution is 2.37. The molecule has 2 aromatic heterocycles. The van der Waals surface area contributed by atoms with Gasteiger partial charge in [0.05, 0.1) is 5.56 Å². The van der Waals surface area contributed by atoms with Crippen molar-refractivity contribution >= 4 is 5.91 Å². The summed E-state index contributed by atoms with van der Waals surface area (Å²) in [5.41, 5.74) is 1.61. The zero-order valence-electron chi connectivity index (χ0n) is 13.9. The molecule has 1 saturated heterocycles. The summed E-state index contributed by atoms with van der Waals surface area (Å²) in [7, 11) is 0. The van der Waals surface area contributed by atoms with Gasteiger partial charge in [0.15, 0.2) is 0 Å². The zero-order chi connectivity index (χ0) is 16.5. The zero-order valence-corrected chi connectivity index (χ0v) is 13.9. The van der Waals surface area contributed by atoms with Crippen LogP contribution in [-0.4, -0.2) is 43.8 Å². The lowest BCUT2D eigenvalue weighted by Gasteiger charge is -2.32. The van der Waals surface area contributed by atoms with Crippen molar-refractivity contribution in [3.05, 3.63) is 47.6 Å². The standard InChI is InChI=1S/C18H21N5O/c1-12-19-7-6-16(22-12)14-3-2-8-23(11-14)18(24)15-9-20-17(21-10-15)13-4-5-13/h6-7,9-10,13-14H,2-5,8,11H2,1H3. The van der Waals surface area contributed by atoms with Crippen molar-refractivity contribution in [1.82, 2.24) is 24.8 Å². The van der Waals surface area contributed by atoms with E-state index in [0.29, 0.717) is 18.0 Å². The maximum atomic E-state index is 12.8. The van der Waals surface area contributed by atoms with E-state index in [1.807, 2.05) is 17.9 Å². The van der Waals surface area contributed by atoms with Crippen LogP contribution in [0.1, 0.15) is 65.2 Å². The molecule has 0 N–H and O–H groups in total. The van der Waals surface area contributed by atoms with E-state index in [4.69, 9.17) is 0 Å². The van der Waals surface area contributed by atoms with E-state index in [0.717, 1.165) is 36.7 Å². The van der Waals surface area contributed by atoms with Crippen LogP contribution in [0, 0.1) is 6.92 Å². The molecule has 124 valence electrons. The van der Waals surface area contributed by atoms with Crippen molar-refractivity contribution in [2.75, 3.05) is 13.1 Å². The molecule has 1 amide bonds. The molecule has 24 heavy (non-hydrogen) atoms. The van der Waals surface area contributed by atoms with E-state index in [9.17, 15) is 4.79 Å². The van der Waals surface area contributed by atoms with E-state index in [-0.39, 0.29) is 11.8 Å². The van der Waals surface area contributed by atoms with Crippen molar-refractivity contribution in [2.45, 2.75) is 44.4 Å². The monoisotopic (exact) mass is 323 g/mol. The molecule has 3 heterocycles. The van der Waals surface area contributed by atoms with Crippen molar-refractivity contribution in [2.24, 2.45) is 0 Å². The minimum absolute atomic E-state index is 0.0211. The number of carbonyl (C=O) groups is 1. The molecular weight excluding hydrogens is 302 g/mol. The van der Waals surface area contributed by atoms with Gasteiger partial charge in [-0.25, -0.2) is 19.9 Å². The maximum absolute atomic E-state index is 12.8. The second kappa shape index (κ2) is 6.26. The Hall–Kier alpha value is -2.37. The summed E-state index contributed by atoms with van der Waals surface area (Å²) in [6, 6.07) is 1.96. The Morgan fingerprint density at radius 1 is 1.12 bits per heavy atom. The van der Waals surface area contributed by atoms with Crippen LogP contribution in [-0.2, 0) is 0 Å². The van der Waals surface area contributed by atoms with Crippen LogP contribution in [0.5, 0.6) is 0 Å². The lowest BCUT2D eigenvalue weighted by Crippen LogP contribution is -2.39. The summed E-state index contributed by atoms with van der Waals surface area (Å²) >= 11 is 0. The predicted octanol–water partition coefficient (Wildman–Crippen LogP) is 2.47. The van der Waals surface area contributed by atoms with Crippen molar-refractivity contribution < 1.29 is 4.79 Å². The number of hydrogen-bond acceptors (Lipinski definition) is 5. The number of nitrogens with zero attached hydrogens (tertiary/aromatic N) is 5. The topological polar surface area (TPSA) is 71.9 Å². The number of amides is 1. The van der Waals surface area contributed by atoms with Crippen LogP contribution in [0.4, 0.5) is 0 Å². The summed E-state index contributed by atoms with van der Waals surface area (Å²) < 4.78 is 0. The van der Waals surface area contributed by atoms with Crippen LogP contribution < -0.4 is 0 Å². The largest absolute Gasteiger partial charge is 0.338 e. The van der Waals surface area contributed by atoms with Crippen LogP contribution in [0.15, 0.2) is 24.7 Å². The minimum atomic E-state index is 0.0211. The van der Waals surface area contributed by atoms with Gasteiger partial charge >= 0.3 is 0 Å². The summed E-state index contributed by atoms with van der Waals surface area (Å²) in [5, 5.41) is 0. The molecule has 0 radical (unpaired) electrons. The lowest BCUT2D eigenvalue weighted by molar-refractivity contribution is 0.0705. The number of likely N-dealkylation sites (tertiary alicyclic amines) is 1. The first-order valence-corrected chi connectivity index (χ1v) is 8.61. The van der Waals surface area contributed by atoms with Crippen molar-refractivity contribution in [3.63, 3.8) is 0 Å². The van der Waals surface area contributed by atoms with Gasteiger partial charge in [-0.05, 0) is 38.7 Å². The highest BCUT2D eigenvalue weighted by atomic mass is 16.2. The van der Waals surface area contributed by atoms with Gasteiger partial charge in [-0.15, -0.1) is 0 Å². The molecule has 0 aromatic carbocycles. The molecule has 1 aliphatic heterocycles. The van der Waals surface area contributed by atoms with Gasteiger partial charge in [0, 0.05) is 49.2 Å². The number of rotatable bonds is 3. The van der Waals surface area contributed by atoms with E-state index in [1.54, 1.807) is 18.6 Å². The maximum Gasteiger partial charge on any atom is 0.257 e. The highest BCUT2D eigenvalue weighted by Gasteiger charge is 2.29. The number of aryl methyl sites for hydroxylation is 1. The Kier molecular flexibility index (Phi) is 3.96. The van der Waals surface area contributed by atoms with Crippen LogP contribution in [0.3, 0.4) is 0 Å². The summed E-state index contributed by atoms with van der Waals surface area (Å²) in [5.74, 6) is 2.46. The quantitative estimate of drug-likeness (QED) is 0.867. The average Bonchev–Trinajstić information content (AvgIpc) is 3.47. The Morgan fingerprint density at radius 2 is 1.92 bits per heavy atom.